The van der Waals surface area contributed by atoms with Crippen molar-refractivity contribution < 1.29 is 8.42 Å². The smallest absolute Gasteiger partial charge is 0.209 e. The Morgan fingerprint density at radius 3 is 2.50 bits per heavy atom. The summed E-state index contributed by atoms with van der Waals surface area (Å²) in [4.78, 5) is 0. The number of hydrogen-bond acceptors (Lipinski definition) is 3. The van der Waals surface area contributed by atoms with Crippen molar-refractivity contribution in [3.8, 4) is 0 Å². The second-order valence-corrected chi connectivity index (χ2v) is 9.65. The highest BCUT2D eigenvalue weighted by Crippen LogP contribution is 2.58. The fourth-order valence-corrected chi connectivity index (χ4v) is 6.30. The minimum Gasteiger partial charge on any atom is -0.312 e. The van der Waals surface area contributed by atoms with Crippen LogP contribution in [0.3, 0.4) is 0 Å². The Morgan fingerprint density at radius 1 is 1.10 bits per heavy atom. The molecule has 116 valence electrons. The van der Waals surface area contributed by atoms with Crippen LogP contribution in [-0.2, 0) is 10.0 Å². The van der Waals surface area contributed by atoms with E-state index in [0.29, 0.717) is 12.6 Å². The molecule has 0 saturated heterocycles. The topological polar surface area (TPSA) is 58.2 Å². The van der Waals surface area contributed by atoms with Gasteiger partial charge in [0.15, 0.2) is 0 Å². The first-order chi connectivity index (χ1) is 9.25. The molecule has 0 amide bonds. The summed E-state index contributed by atoms with van der Waals surface area (Å²) in [5.41, 5.74) is -0.412. The lowest BCUT2D eigenvalue weighted by atomic mass is 9.79. The minimum absolute atomic E-state index is 0.412. The van der Waals surface area contributed by atoms with Gasteiger partial charge in [0.05, 0.1) is 6.26 Å². The molecule has 3 rings (SSSR count). The van der Waals surface area contributed by atoms with E-state index in [1.165, 1.54) is 38.4 Å². The molecular formula is C15H28N2O2S. The largest absolute Gasteiger partial charge is 0.312 e. The number of nitrogens with one attached hydrogen (secondary N) is 2. The molecule has 0 aliphatic heterocycles. The highest BCUT2D eigenvalue weighted by Gasteiger charge is 2.53. The van der Waals surface area contributed by atoms with E-state index in [-0.39, 0.29) is 0 Å². The molecular weight excluding hydrogens is 272 g/mol. The van der Waals surface area contributed by atoms with Crippen LogP contribution in [0.4, 0.5) is 0 Å². The normalized spacial score (nSPS) is 40.2. The van der Waals surface area contributed by atoms with Gasteiger partial charge in [-0.2, -0.15) is 0 Å². The molecule has 3 saturated carbocycles. The predicted molar refractivity (Wildman–Crippen MR) is 80.9 cm³/mol. The summed E-state index contributed by atoms with van der Waals surface area (Å²) in [7, 11) is -3.14. The third-order valence-corrected chi connectivity index (χ3v) is 6.62. The van der Waals surface area contributed by atoms with Crippen molar-refractivity contribution in [1.29, 1.82) is 0 Å². The highest BCUT2D eigenvalue weighted by molar-refractivity contribution is 7.88. The first-order valence-electron chi connectivity index (χ1n) is 7.97. The van der Waals surface area contributed by atoms with Crippen LogP contribution in [0.5, 0.6) is 0 Å². The molecule has 0 radical (unpaired) electrons. The molecule has 0 aromatic heterocycles. The van der Waals surface area contributed by atoms with Gasteiger partial charge in [-0.25, -0.2) is 13.1 Å². The van der Waals surface area contributed by atoms with Crippen molar-refractivity contribution in [1.82, 2.24) is 10.0 Å². The lowest BCUT2D eigenvalue weighted by Gasteiger charge is -2.35. The average Bonchev–Trinajstić information content (AvgIpc) is 2.95. The summed E-state index contributed by atoms with van der Waals surface area (Å²) in [6, 6.07) is 0.611. The summed E-state index contributed by atoms with van der Waals surface area (Å²) in [5, 5.41) is 3.66. The van der Waals surface area contributed by atoms with E-state index in [9.17, 15) is 8.42 Å². The van der Waals surface area contributed by atoms with E-state index in [2.05, 4.69) is 10.0 Å². The molecule has 3 aliphatic rings. The Bertz CT molecular complexity index is 474. The Labute approximate surface area is 123 Å². The molecule has 5 atom stereocenters. The third kappa shape index (κ3) is 2.90. The van der Waals surface area contributed by atoms with Gasteiger partial charge in [-0.3, -0.25) is 0 Å². The van der Waals surface area contributed by atoms with Crippen molar-refractivity contribution >= 4 is 10.0 Å². The first-order valence-corrected chi connectivity index (χ1v) is 9.87. The van der Waals surface area contributed by atoms with Gasteiger partial charge >= 0.3 is 0 Å². The number of sulfonamides is 1. The van der Waals surface area contributed by atoms with Crippen molar-refractivity contribution in [2.75, 3.05) is 12.8 Å². The second kappa shape index (κ2) is 4.96. The molecule has 5 unspecified atom stereocenters. The maximum Gasteiger partial charge on any atom is 0.209 e. The molecule has 0 aromatic carbocycles. The van der Waals surface area contributed by atoms with Crippen LogP contribution in [0.1, 0.15) is 46.0 Å². The second-order valence-electron chi connectivity index (χ2n) is 7.90. The van der Waals surface area contributed by atoms with Gasteiger partial charge in [-0.15, -0.1) is 0 Å². The molecule has 0 heterocycles. The lowest BCUT2D eigenvalue weighted by Crippen LogP contribution is -2.53. The molecule has 2 N–H and O–H groups in total. The van der Waals surface area contributed by atoms with Gasteiger partial charge in [-0.05, 0) is 63.2 Å². The summed E-state index contributed by atoms with van der Waals surface area (Å²) in [6.07, 6.45) is 8.26. The monoisotopic (exact) mass is 300 g/mol. The van der Waals surface area contributed by atoms with E-state index >= 15 is 0 Å². The van der Waals surface area contributed by atoms with Gasteiger partial charge in [0.2, 0.25) is 10.0 Å². The van der Waals surface area contributed by atoms with Gasteiger partial charge in [0.1, 0.15) is 0 Å². The van der Waals surface area contributed by atoms with Gasteiger partial charge in [-0.1, -0.05) is 6.42 Å². The minimum atomic E-state index is -3.14. The van der Waals surface area contributed by atoms with Gasteiger partial charge < -0.3 is 5.32 Å². The quantitative estimate of drug-likeness (QED) is 0.813. The zero-order chi connectivity index (χ0) is 14.5. The molecule has 2 bridgehead atoms. The molecule has 0 spiro atoms. The Hall–Kier alpha value is -0.130. The van der Waals surface area contributed by atoms with E-state index in [0.717, 1.165) is 23.7 Å². The van der Waals surface area contributed by atoms with Gasteiger partial charge in [0.25, 0.3) is 0 Å². The standard InChI is InChI=1S/C15H28N2O2S/c1-15(2,17-20(3,18)19)9-16-14-8-10-7-13(14)12-6-4-5-11(10)12/h10-14,16-17H,4-9H2,1-3H3. The van der Waals surface area contributed by atoms with Crippen molar-refractivity contribution in [2.24, 2.45) is 23.7 Å². The van der Waals surface area contributed by atoms with Crippen LogP contribution >= 0.6 is 0 Å². The fraction of sp³-hybridized carbons (Fsp3) is 1.00. The lowest BCUT2D eigenvalue weighted by molar-refractivity contribution is 0.201. The van der Waals surface area contributed by atoms with Crippen LogP contribution in [-0.4, -0.2) is 32.8 Å². The zero-order valence-corrected chi connectivity index (χ0v) is 13.7. The van der Waals surface area contributed by atoms with Crippen molar-refractivity contribution in [3.63, 3.8) is 0 Å². The van der Waals surface area contributed by atoms with Crippen LogP contribution in [0, 0.1) is 23.7 Å². The predicted octanol–water partition coefficient (Wildman–Crippen LogP) is 1.73. The molecule has 3 fully saturated rings. The molecule has 20 heavy (non-hydrogen) atoms. The van der Waals surface area contributed by atoms with Crippen LogP contribution in [0.25, 0.3) is 0 Å². The Kier molecular flexibility index (Phi) is 3.67. The first kappa shape index (κ1) is 14.8. The average molecular weight is 300 g/mol. The van der Waals surface area contributed by atoms with E-state index in [1.54, 1.807) is 0 Å². The molecule has 3 aliphatic carbocycles. The summed E-state index contributed by atoms with van der Waals surface area (Å²) >= 11 is 0. The number of hydrogen-bond donors (Lipinski definition) is 2. The number of fused-ring (bicyclic) bond motifs is 5. The fourth-order valence-electron chi connectivity index (χ4n) is 5.23. The van der Waals surface area contributed by atoms with E-state index < -0.39 is 15.6 Å². The summed E-state index contributed by atoms with van der Waals surface area (Å²) < 4.78 is 25.5. The number of rotatable bonds is 5. The van der Waals surface area contributed by atoms with Crippen LogP contribution in [0.2, 0.25) is 0 Å². The zero-order valence-electron chi connectivity index (χ0n) is 12.9. The summed E-state index contributed by atoms with van der Waals surface area (Å²) in [5.74, 6) is 3.76. The van der Waals surface area contributed by atoms with E-state index in [1.807, 2.05) is 13.8 Å². The molecule has 4 nitrogen and oxygen atoms in total. The molecule has 0 aromatic rings. The maximum atomic E-state index is 11.4. The van der Waals surface area contributed by atoms with Gasteiger partial charge in [0, 0.05) is 18.1 Å². The SMILES string of the molecule is CC(C)(CNC1CC2CC1C1CCCC21)NS(C)(=O)=O. The van der Waals surface area contributed by atoms with Crippen LogP contribution in [0.15, 0.2) is 0 Å². The van der Waals surface area contributed by atoms with Crippen molar-refractivity contribution in [3.05, 3.63) is 0 Å². The Morgan fingerprint density at radius 2 is 1.80 bits per heavy atom. The molecule has 5 heteroatoms. The summed E-state index contributed by atoms with van der Waals surface area (Å²) in [6.45, 7) is 4.62. The highest BCUT2D eigenvalue weighted by atomic mass is 32.2. The maximum absolute atomic E-state index is 11.4. The third-order valence-electron chi connectivity index (χ3n) is 5.70. The van der Waals surface area contributed by atoms with Crippen molar-refractivity contribution in [2.45, 2.75) is 57.5 Å². The van der Waals surface area contributed by atoms with Crippen LogP contribution < -0.4 is 10.0 Å². The van der Waals surface area contributed by atoms with E-state index in [4.69, 9.17) is 0 Å². The Balaban J connectivity index is 1.55.